The van der Waals surface area contributed by atoms with Crippen LogP contribution in [0.15, 0.2) is 0 Å². The van der Waals surface area contributed by atoms with Crippen molar-refractivity contribution in [1.82, 2.24) is 25.5 Å². The molecule has 1 unspecified atom stereocenters. The second kappa shape index (κ2) is 5.70. The Morgan fingerprint density at radius 1 is 1.43 bits per heavy atom. The van der Waals surface area contributed by atoms with E-state index in [1.165, 1.54) is 12.8 Å². The van der Waals surface area contributed by atoms with Gasteiger partial charge in [0.25, 0.3) is 0 Å². The predicted octanol–water partition coefficient (Wildman–Crippen LogP) is 0.531. The number of nitrogens with one attached hydrogen (secondary N) is 1. The molecule has 1 rings (SSSR count). The Hall–Kier alpha value is -0.970. The lowest BCUT2D eigenvalue weighted by molar-refractivity contribution is 0.468. The van der Waals surface area contributed by atoms with E-state index in [2.05, 4.69) is 34.7 Å². The standard InChI is InChI=1S/C9H19N5/c1-4-6-8(10-5-2)7-9-11-12-13-14(9)3/h8,10H,4-7H2,1-3H3. The molecule has 14 heavy (non-hydrogen) atoms. The van der Waals surface area contributed by atoms with Crippen LogP contribution < -0.4 is 5.32 Å². The van der Waals surface area contributed by atoms with Crippen molar-refractivity contribution in [2.24, 2.45) is 7.05 Å². The normalized spacial score (nSPS) is 13.1. The van der Waals surface area contributed by atoms with Crippen LogP contribution in [0.25, 0.3) is 0 Å². The Labute approximate surface area is 84.9 Å². The first-order valence-corrected chi connectivity index (χ1v) is 5.22. The number of aromatic nitrogens is 4. The van der Waals surface area contributed by atoms with Crippen LogP contribution in [0.5, 0.6) is 0 Å². The third-order valence-corrected chi connectivity index (χ3v) is 2.27. The van der Waals surface area contributed by atoms with Crippen molar-refractivity contribution in [2.45, 2.75) is 39.2 Å². The topological polar surface area (TPSA) is 55.6 Å². The van der Waals surface area contributed by atoms with Crippen molar-refractivity contribution >= 4 is 0 Å². The molecule has 0 fully saturated rings. The molecule has 0 spiro atoms. The van der Waals surface area contributed by atoms with Crippen LogP contribution in [0, 0.1) is 0 Å². The Bertz CT molecular complexity index is 251. The van der Waals surface area contributed by atoms with Crippen molar-refractivity contribution in [3.63, 3.8) is 0 Å². The fourth-order valence-corrected chi connectivity index (χ4v) is 1.55. The van der Waals surface area contributed by atoms with E-state index in [0.717, 1.165) is 18.8 Å². The summed E-state index contributed by atoms with van der Waals surface area (Å²) in [6.45, 7) is 5.31. The summed E-state index contributed by atoms with van der Waals surface area (Å²) in [7, 11) is 1.88. The van der Waals surface area contributed by atoms with Gasteiger partial charge in [0.2, 0.25) is 0 Å². The molecule has 0 aliphatic carbocycles. The average molecular weight is 197 g/mol. The average Bonchev–Trinajstić information content (AvgIpc) is 2.53. The number of hydrogen-bond acceptors (Lipinski definition) is 4. The Morgan fingerprint density at radius 3 is 2.71 bits per heavy atom. The maximum absolute atomic E-state index is 3.98. The molecule has 1 aromatic rings. The van der Waals surface area contributed by atoms with Gasteiger partial charge in [-0.25, -0.2) is 4.68 Å². The van der Waals surface area contributed by atoms with Gasteiger partial charge in [-0.3, -0.25) is 0 Å². The highest BCUT2D eigenvalue weighted by Gasteiger charge is 2.11. The van der Waals surface area contributed by atoms with E-state index in [4.69, 9.17) is 0 Å². The third-order valence-electron chi connectivity index (χ3n) is 2.27. The van der Waals surface area contributed by atoms with Crippen LogP contribution in [0.1, 0.15) is 32.5 Å². The summed E-state index contributed by atoms with van der Waals surface area (Å²) in [6, 6.07) is 0.495. The van der Waals surface area contributed by atoms with Gasteiger partial charge in [0, 0.05) is 19.5 Å². The van der Waals surface area contributed by atoms with Gasteiger partial charge in [0.1, 0.15) is 0 Å². The SMILES string of the molecule is CCCC(Cc1nnnn1C)NCC. The van der Waals surface area contributed by atoms with Gasteiger partial charge < -0.3 is 5.32 Å². The zero-order valence-electron chi connectivity index (χ0n) is 9.19. The van der Waals surface area contributed by atoms with Gasteiger partial charge in [-0.2, -0.15) is 0 Å². The highest BCUT2D eigenvalue weighted by atomic mass is 15.5. The quantitative estimate of drug-likeness (QED) is 0.723. The summed E-state index contributed by atoms with van der Waals surface area (Å²) in [5, 5.41) is 14.9. The molecule has 5 nitrogen and oxygen atoms in total. The zero-order chi connectivity index (χ0) is 10.4. The van der Waals surface area contributed by atoms with Crippen molar-refractivity contribution in [3.05, 3.63) is 5.82 Å². The van der Waals surface area contributed by atoms with E-state index >= 15 is 0 Å². The molecule has 1 atom stereocenters. The molecule has 1 aromatic heterocycles. The van der Waals surface area contributed by atoms with Gasteiger partial charge in [-0.15, -0.1) is 5.10 Å². The molecule has 1 heterocycles. The van der Waals surface area contributed by atoms with E-state index in [9.17, 15) is 0 Å². The van der Waals surface area contributed by atoms with Gasteiger partial charge >= 0.3 is 0 Å². The first kappa shape index (κ1) is 11.1. The monoisotopic (exact) mass is 197 g/mol. The second-order valence-electron chi connectivity index (χ2n) is 3.47. The van der Waals surface area contributed by atoms with Gasteiger partial charge in [-0.1, -0.05) is 20.3 Å². The fraction of sp³-hybridized carbons (Fsp3) is 0.889. The fourth-order valence-electron chi connectivity index (χ4n) is 1.55. The molecule has 0 aliphatic heterocycles. The summed E-state index contributed by atoms with van der Waals surface area (Å²) in [4.78, 5) is 0. The van der Waals surface area contributed by atoms with Crippen LogP contribution in [0.4, 0.5) is 0 Å². The van der Waals surface area contributed by atoms with Crippen LogP contribution in [0.2, 0.25) is 0 Å². The Balaban J connectivity index is 2.50. The lowest BCUT2D eigenvalue weighted by atomic mass is 10.1. The summed E-state index contributed by atoms with van der Waals surface area (Å²) in [5.41, 5.74) is 0. The predicted molar refractivity (Wildman–Crippen MR) is 54.9 cm³/mol. The van der Waals surface area contributed by atoms with Crippen molar-refractivity contribution < 1.29 is 0 Å². The highest BCUT2D eigenvalue weighted by Crippen LogP contribution is 2.03. The summed E-state index contributed by atoms with van der Waals surface area (Å²) < 4.78 is 1.74. The maximum atomic E-state index is 3.98. The molecule has 0 aliphatic rings. The zero-order valence-corrected chi connectivity index (χ0v) is 9.19. The van der Waals surface area contributed by atoms with Gasteiger partial charge in [0.15, 0.2) is 5.82 Å². The third kappa shape index (κ3) is 3.06. The Morgan fingerprint density at radius 2 is 2.21 bits per heavy atom. The molecule has 0 bridgehead atoms. The number of hydrogen-bond donors (Lipinski definition) is 1. The van der Waals surface area contributed by atoms with E-state index in [-0.39, 0.29) is 0 Å². The number of rotatable bonds is 6. The molecule has 0 amide bonds. The Kier molecular flexibility index (Phi) is 4.52. The van der Waals surface area contributed by atoms with E-state index in [1.54, 1.807) is 4.68 Å². The molecular formula is C9H19N5. The molecule has 0 aromatic carbocycles. The first-order valence-electron chi connectivity index (χ1n) is 5.22. The number of aryl methyl sites for hydroxylation is 1. The minimum Gasteiger partial charge on any atom is -0.314 e. The van der Waals surface area contributed by atoms with Gasteiger partial charge in [0.05, 0.1) is 0 Å². The molecule has 0 saturated carbocycles. The number of tetrazole rings is 1. The summed E-state index contributed by atoms with van der Waals surface area (Å²) >= 11 is 0. The first-order chi connectivity index (χ1) is 6.77. The van der Waals surface area contributed by atoms with Crippen LogP contribution in [-0.2, 0) is 13.5 Å². The lowest BCUT2D eigenvalue weighted by Crippen LogP contribution is -2.31. The summed E-state index contributed by atoms with van der Waals surface area (Å²) in [6.07, 6.45) is 3.26. The second-order valence-corrected chi connectivity index (χ2v) is 3.47. The summed E-state index contributed by atoms with van der Waals surface area (Å²) in [5.74, 6) is 0.949. The van der Waals surface area contributed by atoms with Crippen LogP contribution in [0.3, 0.4) is 0 Å². The van der Waals surface area contributed by atoms with Crippen molar-refractivity contribution in [2.75, 3.05) is 6.54 Å². The van der Waals surface area contributed by atoms with Crippen LogP contribution >= 0.6 is 0 Å². The minimum absolute atomic E-state index is 0.495. The molecule has 80 valence electrons. The number of likely N-dealkylation sites (N-methyl/N-ethyl adjacent to an activating group) is 1. The van der Waals surface area contributed by atoms with Crippen LogP contribution in [-0.4, -0.2) is 32.8 Å². The molecule has 1 N–H and O–H groups in total. The largest absolute Gasteiger partial charge is 0.314 e. The van der Waals surface area contributed by atoms with Gasteiger partial charge in [-0.05, 0) is 23.4 Å². The maximum Gasteiger partial charge on any atom is 0.152 e. The minimum atomic E-state index is 0.495. The smallest absolute Gasteiger partial charge is 0.152 e. The highest BCUT2D eigenvalue weighted by molar-refractivity contribution is 4.86. The van der Waals surface area contributed by atoms with E-state index < -0.39 is 0 Å². The lowest BCUT2D eigenvalue weighted by Gasteiger charge is -2.15. The molecule has 0 saturated heterocycles. The molecule has 5 heteroatoms. The van der Waals surface area contributed by atoms with Crippen molar-refractivity contribution in [3.8, 4) is 0 Å². The van der Waals surface area contributed by atoms with E-state index in [0.29, 0.717) is 6.04 Å². The molecular weight excluding hydrogens is 178 g/mol. The molecule has 0 radical (unpaired) electrons. The van der Waals surface area contributed by atoms with Crippen molar-refractivity contribution in [1.29, 1.82) is 0 Å². The van der Waals surface area contributed by atoms with E-state index in [1.807, 2.05) is 7.05 Å². The number of nitrogens with zero attached hydrogens (tertiary/aromatic N) is 4.